The number of halogens is 3. The maximum atomic E-state index is 12.6. The van der Waals surface area contributed by atoms with Gasteiger partial charge in [-0.1, -0.05) is 11.6 Å². The van der Waals surface area contributed by atoms with E-state index in [1.807, 2.05) is 0 Å². The van der Waals surface area contributed by atoms with Crippen LogP contribution in [-0.4, -0.2) is 34.6 Å². The fourth-order valence-corrected chi connectivity index (χ4v) is 1.59. The van der Waals surface area contributed by atoms with E-state index in [2.05, 4.69) is 9.97 Å². The first-order chi connectivity index (χ1) is 9.08. The van der Waals surface area contributed by atoms with Crippen LogP contribution >= 0.6 is 11.6 Å². The molecule has 0 saturated carbocycles. The second-order valence-corrected chi connectivity index (χ2v) is 5.47. The van der Waals surface area contributed by atoms with Crippen molar-refractivity contribution in [2.24, 2.45) is 0 Å². The lowest BCUT2D eigenvalue weighted by Gasteiger charge is -2.26. The molecule has 0 unspecified atom stereocenters. The van der Waals surface area contributed by atoms with Crippen LogP contribution in [0, 0.1) is 6.92 Å². The maximum Gasteiger partial charge on any atom is 0.416 e. The zero-order valence-electron chi connectivity index (χ0n) is 11.7. The number of amides is 1. The van der Waals surface area contributed by atoms with Crippen molar-refractivity contribution in [2.75, 3.05) is 11.4 Å². The normalized spacial score (nSPS) is 11.6. The van der Waals surface area contributed by atoms with E-state index in [4.69, 9.17) is 16.3 Å². The van der Waals surface area contributed by atoms with Gasteiger partial charge in [0.25, 0.3) is 6.43 Å². The monoisotopic (exact) mass is 307 g/mol. The Morgan fingerprint density at radius 1 is 1.45 bits per heavy atom. The summed E-state index contributed by atoms with van der Waals surface area (Å²) in [5.41, 5.74) is -0.802. The van der Waals surface area contributed by atoms with E-state index in [1.165, 1.54) is 6.07 Å². The van der Waals surface area contributed by atoms with Crippen LogP contribution in [0.25, 0.3) is 0 Å². The molecule has 20 heavy (non-hydrogen) atoms. The highest BCUT2D eigenvalue weighted by atomic mass is 35.5. The number of aryl methyl sites for hydroxylation is 1. The molecule has 1 aromatic heterocycles. The predicted octanol–water partition coefficient (Wildman–Crippen LogP) is 3.45. The van der Waals surface area contributed by atoms with Crippen molar-refractivity contribution in [3.05, 3.63) is 17.0 Å². The molecule has 0 aromatic carbocycles. The van der Waals surface area contributed by atoms with Gasteiger partial charge >= 0.3 is 6.09 Å². The van der Waals surface area contributed by atoms with Crippen LogP contribution in [0.4, 0.5) is 19.4 Å². The Balaban J connectivity index is 3.08. The minimum absolute atomic E-state index is 0.0166. The summed E-state index contributed by atoms with van der Waals surface area (Å²) in [5, 5.41) is 0.0651. The molecule has 0 N–H and O–H groups in total. The Labute approximate surface area is 120 Å². The van der Waals surface area contributed by atoms with E-state index in [-0.39, 0.29) is 16.8 Å². The summed E-state index contributed by atoms with van der Waals surface area (Å²) >= 11 is 5.75. The van der Waals surface area contributed by atoms with Gasteiger partial charge in [-0.2, -0.15) is 0 Å². The molecule has 5 nitrogen and oxygen atoms in total. The first kappa shape index (κ1) is 16.6. The largest absolute Gasteiger partial charge is 0.443 e. The van der Waals surface area contributed by atoms with Crippen LogP contribution in [0.15, 0.2) is 6.07 Å². The molecular formula is C12H16ClF2N3O2. The molecule has 0 aliphatic rings. The molecule has 1 aromatic rings. The average molecular weight is 308 g/mol. The summed E-state index contributed by atoms with van der Waals surface area (Å²) in [5.74, 6) is 0.257. The van der Waals surface area contributed by atoms with Gasteiger partial charge in [-0.15, -0.1) is 0 Å². The molecular weight excluding hydrogens is 292 g/mol. The zero-order valence-corrected chi connectivity index (χ0v) is 12.4. The Hall–Kier alpha value is -1.50. The van der Waals surface area contributed by atoms with E-state index < -0.39 is 24.7 Å². The fraction of sp³-hybridized carbons (Fsp3) is 0.583. The number of alkyl halides is 2. The van der Waals surface area contributed by atoms with Gasteiger partial charge in [-0.3, -0.25) is 4.90 Å². The number of ether oxygens (including phenoxy) is 1. The highest BCUT2D eigenvalue weighted by Crippen LogP contribution is 2.20. The third-order valence-corrected chi connectivity index (χ3v) is 2.20. The Morgan fingerprint density at radius 2 is 2.05 bits per heavy atom. The number of rotatable bonds is 3. The van der Waals surface area contributed by atoms with Crippen LogP contribution < -0.4 is 4.90 Å². The second-order valence-electron chi connectivity index (χ2n) is 5.08. The summed E-state index contributed by atoms with van der Waals surface area (Å²) in [6.07, 6.45) is -3.64. The molecule has 0 aliphatic heterocycles. The van der Waals surface area contributed by atoms with E-state index >= 15 is 0 Å². The number of carbonyl (C=O) groups is 1. The number of aromatic nitrogens is 2. The molecule has 0 spiro atoms. The molecule has 8 heteroatoms. The van der Waals surface area contributed by atoms with E-state index in [9.17, 15) is 13.6 Å². The number of nitrogens with zero attached hydrogens (tertiary/aromatic N) is 3. The minimum Gasteiger partial charge on any atom is -0.443 e. The first-order valence-electron chi connectivity index (χ1n) is 5.88. The molecule has 1 amide bonds. The van der Waals surface area contributed by atoms with Gasteiger partial charge < -0.3 is 4.74 Å². The third kappa shape index (κ3) is 5.24. The quantitative estimate of drug-likeness (QED) is 0.803. The summed E-state index contributed by atoms with van der Waals surface area (Å²) < 4.78 is 30.4. The van der Waals surface area contributed by atoms with Gasteiger partial charge in [-0.25, -0.2) is 23.5 Å². The molecule has 0 aliphatic carbocycles. The molecule has 0 fully saturated rings. The van der Waals surface area contributed by atoms with E-state index in [1.54, 1.807) is 27.7 Å². The number of carbonyl (C=O) groups excluding carboxylic acids is 1. The lowest BCUT2D eigenvalue weighted by molar-refractivity contribution is 0.0542. The van der Waals surface area contributed by atoms with Gasteiger partial charge in [0, 0.05) is 6.07 Å². The summed E-state index contributed by atoms with van der Waals surface area (Å²) in [7, 11) is 0. The molecule has 0 atom stereocenters. The van der Waals surface area contributed by atoms with Crippen molar-refractivity contribution in [1.82, 2.24) is 9.97 Å². The van der Waals surface area contributed by atoms with E-state index in [0.29, 0.717) is 0 Å². The molecule has 0 saturated heterocycles. The SMILES string of the molecule is Cc1nc(Cl)cc(N(CC(F)F)C(=O)OC(C)(C)C)n1. The molecule has 112 valence electrons. The number of anilines is 1. The van der Waals surface area contributed by atoms with Crippen LogP contribution in [0.1, 0.15) is 26.6 Å². The molecule has 0 radical (unpaired) electrons. The summed E-state index contributed by atoms with van der Waals surface area (Å²) in [6, 6.07) is 1.24. The standard InChI is InChI=1S/C12H16ClF2N3O2/c1-7-16-8(13)5-10(17-7)18(6-9(14)15)11(19)20-12(2,3)4/h5,9H,6H2,1-4H3. The Kier molecular flexibility index (Phi) is 5.21. The minimum atomic E-state index is -2.73. The highest BCUT2D eigenvalue weighted by molar-refractivity contribution is 6.29. The van der Waals surface area contributed by atoms with Crippen molar-refractivity contribution in [1.29, 1.82) is 0 Å². The van der Waals surface area contributed by atoms with E-state index in [0.717, 1.165) is 4.90 Å². The molecule has 0 bridgehead atoms. The van der Waals surface area contributed by atoms with Crippen molar-refractivity contribution in [2.45, 2.75) is 39.7 Å². The average Bonchev–Trinajstić information content (AvgIpc) is 2.21. The van der Waals surface area contributed by atoms with Crippen molar-refractivity contribution in [3.8, 4) is 0 Å². The Bertz CT molecular complexity index is 472. The zero-order chi connectivity index (χ0) is 15.5. The second kappa shape index (κ2) is 6.30. The van der Waals surface area contributed by atoms with Crippen LogP contribution in [0.3, 0.4) is 0 Å². The maximum absolute atomic E-state index is 12.6. The van der Waals surface area contributed by atoms with Gasteiger partial charge in [-0.05, 0) is 27.7 Å². The van der Waals surface area contributed by atoms with Crippen LogP contribution in [0.2, 0.25) is 5.15 Å². The lowest BCUT2D eigenvalue weighted by Crippen LogP contribution is -2.40. The van der Waals surface area contributed by atoms with Gasteiger partial charge in [0.1, 0.15) is 22.4 Å². The smallest absolute Gasteiger partial charge is 0.416 e. The highest BCUT2D eigenvalue weighted by Gasteiger charge is 2.27. The Morgan fingerprint density at radius 3 is 2.50 bits per heavy atom. The van der Waals surface area contributed by atoms with Crippen molar-refractivity contribution < 1.29 is 18.3 Å². The molecule has 1 rings (SSSR count). The predicted molar refractivity (Wildman–Crippen MR) is 71.4 cm³/mol. The third-order valence-electron chi connectivity index (χ3n) is 2.00. The number of hydrogen-bond donors (Lipinski definition) is 0. The van der Waals surface area contributed by atoms with Crippen molar-refractivity contribution in [3.63, 3.8) is 0 Å². The van der Waals surface area contributed by atoms with Crippen LogP contribution in [-0.2, 0) is 4.74 Å². The lowest BCUT2D eigenvalue weighted by atomic mass is 10.2. The number of hydrogen-bond acceptors (Lipinski definition) is 4. The first-order valence-corrected chi connectivity index (χ1v) is 6.26. The molecule has 1 heterocycles. The van der Waals surface area contributed by atoms with Gasteiger partial charge in [0.05, 0.1) is 6.54 Å². The van der Waals surface area contributed by atoms with Gasteiger partial charge in [0.15, 0.2) is 0 Å². The van der Waals surface area contributed by atoms with Gasteiger partial charge in [0.2, 0.25) is 0 Å². The summed E-state index contributed by atoms with van der Waals surface area (Å²) in [6.45, 7) is 5.64. The topological polar surface area (TPSA) is 55.3 Å². The fourth-order valence-electron chi connectivity index (χ4n) is 1.37. The van der Waals surface area contributed by atoms with Crippen molar-refractivity contribution >= 4 is 23.5 Å². The van der Waals surface area contributed by atoms with Crippen LogP contribution in [0.5, 0.6) is 0 Å². The summed E-state index contributed by atoms with van der Waals surface area (Å²) in [4.78, 5) is 20.5.